The number of carbonyl (C=O) groups is 1. The van der Waals surface area contributed by atoms with Gasteiger partial charge in [0.2, 0.25) is 0 Å². The van der Waals surface area contributed by atoms with Crippen LogP contribution < -0.4 is 16.3 Å². The highest BCUT2D eigenvalue weighted by Gasteiger charge is 2.18. The van der Waals surface area contributed by atoms with Crippen molar-refractivity contribution in [2.24, 2.45) is 0 Å². The van der Waals surface area contributed by atoms with E-state index in [1.165, 1.54) is 18.2 Å². The van der Waals surface area contributed by atoms with Crippen molar-refractivity contribution >= 4 is 30.1 Å². The van der Waals surface area contributed by atoms with Crippen molar-refractivity contribution in [1.82, 2.24) is 10.3 Å². The summed E-state index contributed by atoms with van der Waals surface area (Å²) < 4.78 is 0. The van der Waals surface area contributed by atoms with E-state index in [-0.39, 0.29) is 28.2 Å². The number of hydrogen-bond donors (Lipinski definition) is 4. The Hall–Kier alpha value is -2.09. The minimum atomic E-state index is -1.77. The lowest BCUT2D eigenvalue weighted by atomic mass is 9.79. The van der Waals surface area contributed by atoms with Crippen LogP contribution in [0.2, 0.25) is 5.02 Å². The molecule has 6 nitrogen and oxygen atoms in total. The molecule has 0 bridgehead atoms. The van der Waals surface area contributed by atoms with Gasteiger partial charge in [0.05, 0.1) is 0 Å². The number of halogens is 1. The SMILES string of the molecule is Cc1cc(C)c(CNC(=O)c2ccc(Cl)c(B(O)O)c2)c(=O)[nH]1. The number of amides is 1. The summed E-state index contributed by atoms with van der Waals surface area (Å²) in [7, 11) is -1.77. The molecule has 0 unspecified atom stereocenters. The predicted molar refractivity (Wildman–Crippen MR) is 89.0 cm³/mol. The highest BCUT2D eigenvalue weighted by molar-refractivity contribution is 6.62. The Bertz CT molecular complexity index is 805. The summed E-state index contributed by atoms with van der Waals surface area (Å²) in [5, 5.41) is 21.2. The average molecular weight is 335 g/mol. The molecule has 0 radical (unpaired) electrons. The molecule has 1 aromatic heterocycles. The Kier molecular flexibility index (Phi) is 5.25. The first-order valence-electron chi connectivity index (χ1n) is 6.92. The smallest absolute Gasteiger partial charge is 0.423 e. The van der Waals surface area contributed by atoms with Gasteiger partial charge >= 0.3 is 7.12 Å². The Labute approximate surface area is 138 Å². The summed E-state index contributed by atoms with van der Waals surface area (Å²) >= 11 is 5.83. The molecule has 23 heavy (non-hydrogen) atoms. The zero-order valence-electron chi connectivity index (χ0n) is 12.7. The van der Waals surface area contributed by atoms with Crippen LogP contribution in [-0.2, 0) is 6.54 Å². The fourth-order valence-electron chi connectivity index (χ4n) is 2.25. The number of hydrogen-bond acceptors (Lipinski definition) is 4. The van der Waals surface area contributed by atoms with Gasteiger partial charge in [0.1, 0.15) is 0 Å². The van der Waals surface area contributed by atoms with Gasteiger partial charge in [-0.05, 0) is 43.7 Å². The molecule has 0 aliphatic heterocycles. The lowest BCUT2D eigenvalue weighted by Crippen LogP contribution is -2.33. The molecule has 4 N–H and O–H groups in total. The molecule has 0 saturated carbocycles. The summed E-state index contributed by atoms with van der Waals surface area (Å²) in [6.45, 7) is 3.65. The lowest BCUT2D eigenvalue weighted by Gasteiger charge is -2.10. The molecule has 0 spiro atoms. The van der Waals surface area contributed by atoms with Crippen molar-refractivity contribution in [3.05, 3.63) is 62.0 Å². The number of aromatic nitrogens is 1. The van der Waals surface area contributed by atoms with Crippen molar-refractivity contribution in [2.45, 2.75) is 20.4 Å². The summed E-state index contributed by atoms with van der Waals surface area (Å²) in [4.78, 5) is 26.8. The maximum Gasteiger partial charge on any atom is 0.489 e. The van der Waals surface area contributed by atoms with E-state index in [0.29, 0.717) is 5.56 Å². The van der Waals surface area contributed by atoms with E-state index in [1.807, 2.05) is 6.07 Å². The third-order valence-electron chi connectivity index (χ3n) is 3.46. The first kappa shape index (κ1) is 17.3. The molecule has 8 heteroatoms. The lowest BCUT2D eigenvalue weighted by molar-refractivity contribution is 0.0951. The number of nitrogens with one attached hydrogen (secondary N) is 2. The van der Waals surface area contributed by atoms with Crippen LogP contribution in [0.5, 0.6) is 0 Å². The quantitative estimate of drug-likeness (QED) is 0.602. The zero-order valence-corrected chi connectivity index (χ0v) is 13.4. The van der Waals surface area contributed by atoms with E-state index < -0.39 is 13.0 Å². The van der Waals surface area contributed by atoms with Crippen LogP contribution in [0, 0.1) is 13.8 Å². The van der Waals surface area contributed by atoms with E-state index in [2.05, 4.69) is 10.3 Å². The minimum Gasteiger partial charge on any atom is -0.423 e. The number of carbonyl (C=O) groups excluding carboxylic acids is 1. The Morgan fingerprint density at radius 3 is 2.61 bits per heavy atom. The number of aryl methyl sites for hydroxylation is 2. The summed E-state index contributed by atoms with van der Waals surface area (Å²) in [5.74, 6) is -0.442. The topological polar surface area (TPSA) is 102 Å². The molecule has 0 fully saturated rings. The summed E-state index contributed by atoms with van der Waals surface area (Å²) in [6.07, 6.45) is 0. The molecule has 0 saturated heterocycles. The highest BCUT2D eigenvalue weighted by Crippen LogP contribution is 2.09. The standard InChI is InChI=1S/C15H16BClN2O4/c1-8-5-9(2)19-15(21)11(8)7-18-14(20)10-3-4-13(17)12(6-10)16(22)23/h3-6,22-23H,7H2,1-2H3,(H,18,20)(H,19,21). The van der Waals surface area contributed by atoms with Gasteiger partial charge < -0.3 is 20.3 Å². The average Bonchev–Trinajstić information content (AvgIpc) is 2.45. The number of pyridine rings is 1. The third-order valence-corrected chi connectivity index (χ3v) is 3.80. The van der Waals surface area contributed by atoms with Gasteiger partial charge in [-0.1, -0.05) is 11.6 Å². The molecular weight excluding hydrogens is 318 g/mol. The molecule has 1 amide bonds. The second-order valence-corrected chi connectivity index (χ2v) is 5.64. The molecule has 0 atom stereocenters. The maximum atomic E-state index is 12.2. The molecule has 1 aromatic carbocycles. The number of H-pyrrole nitrogens is 1. The van der Waals surface area contributed by atoms with Gasteiger partial charge in [-0.25, -0.2) is 0 Å². The number of aromatic amines is 1. The van der Waals surface area contributed by atoms with Gasteiger partial charge in [-0.3, -0.25) is 9.59 Å². The molecule has 2 rings (SSSR count). The first-order chi connectivity index (χ1) is 10.8. The van der Waals surface area contributed by atoms with Crippen molar-refractivity contribution in [3.8, 4) is 0 Å². The maximum absolute atomic E-state index is 12.2. The van der Waals surface area contributed by atoms with Crippen LogP contribution in [0.1, 0.15) is 27.2 Å². The molecule has 1 heterocycles. The molecule has 0 aliphatic carbocycles. The monoisotopic (exact) mass is 334 g/mol. The molecule has 2 aromatic rings. The molecule has 120 valence electrons. The van der Waals surface area contributed by atoms with Crippen molar-refractivity contribution < 1.29 is 14.8 Å². The number of rotatable bonds is 4. The first-order valence-corrected chi connectivity index (χ1v) is 7.30. The fraction of sp³-hybridized carbons (Fsp3) is 0.200. The second-order valence-electron chi connectivity index (χ2n) is 5.24. The summed E-state index contributed by atoms with van der Waals surface area (Å²) in [5.41, 5.74) is 2.03. The van der Waals surface area contributed by atoms with Crippen LogP contribution in [0.25, 0.3) is 0 Å². The normalized spacial score (nSPS) is 10.5. The Balaban J connectivity index is 2.18. The second kappa shape index (κ2) is 7.00. The van der Waals surface area contributed by atoms with Gasteiger partial charge in [-0.2, -0.15) is 0 Å². The molecule has 0 aliphatic rings. The van der Waals surface area contributed by atoms with Crippen molar-refractivity contribution in [1.29, 1.82) is 0 Å². The van der Waals surface area contributed by atoms with Gasteiger partial charge in [0, 0.05) is 33.9 Å². The fourth-order valence-corrected chi connectivity index (χ4v) is 2.47. The van der Waals surface area contributed by atoms with Crippen LogP contribution in [0.15, 0.2) is 29.1 Å². The molecular formula is C15H16BClN2O4. The van der Waals surface area contributed by atoms with E-state index in [4.69, 9.17) is 11.6 Å². The van der Waals surface area contributed by atoms with Crippen LogP contribution in [0.4, 0.5) is 0 Å². The van der Waals surface area contributed by atoms with E-state index in [9.17, 15) is 19.6 Å². The van der Waals surface area contributed by atoms with Crippen molar-refractivity contribution in [3.63, 3.8) is 0 Å². The van der Waals surface area contributed by atoms with E-state index in [0.717, 1.165) is 11.3 Å². The van der Waals surface area contributed by atoms with Gasteiger partial charge in [0.15, 0.2) is 0 Å². The summed E-state index contributed by atoms with van der Waals surface area (Å²) in [6, 6.07) is 6.00. The van der Waals surface area contributed by atoms with Crippen molar-refractivity contribution in [2.75, 3.05) is 0 Å². The highest BCUT2D eigenvalue weighted by atomic mass is 35.5. The van der Waals surface area contributed by atoms with Crippen LogP contribution in [0.3, 0.4) is 0 Å². The Morgan fingerprint density at radius 2 is 2.00 bits per heavy atom. The van der Waals surface area contributed by atoms with Gasteiger partial charge in [-0.15, -0.1) is 0 Å². The Morgan fingerprint density at radius 1 is 1.30 bits per heavy atom. The van der Waals surface area contributed by atoms with E-state index in [1.54, 1.807) is 13.8 Å². The van der Waals surface area contributed by atoms with Crippen LogP contribution >= 0.6 is 11.6 Å². The minimum absolute atomic E-state index is 0.0451. The van der Waals surface area contributed by atoms with Crippen LogP contribution in [-0.4, -0.2) is 28.1 Å². The number of benzene rings is 1. The largest absolute Gasteiger partial charge is 0.489 e. The van der Waals surface area contributed by atoms with Gasteiger partial charge in [0.25, 0.3) is 11.5 Å². The third kappa shape index (κ3) is 4.01. The predicted octanol–water partition coefficient (Wildman–Crippen LogP) is 0.255. The zero-order chi connectivity index (χ0) is 17.1. The van der Waals surface area contributed by atoms with E-state index >= 15 is 0 Å².